The molecular formula is C10H5ClF6N2O. The van der Waals surface area contributed by atoms with Gasteiger partial charge in [-0.05, 0) is 6.07 Å². The SMILES string of the molecule is N#CCc1c(C(F)(F)F)cc(CCl)nc1OC(F)(F)F. The summed E-state index contributed by atoms with van der Waals surface area (Å²) in [4.78, 5) is 3.24. The lowest BCUT2D eigenvalue weighted by molar-refractivity contribution is -0.276. The van der Waals surface area contributed by atoms with Crippen molar-refractivity contribution >= 4 is 11.6 Å². The molecule has 0 aliphatic heterocycles. The number of rotatable bonds is 3. The van der Waals surface area contributed by atoms with Crippen LogP contribution in [0.3, 0.4) is 0 Å². The first kappa shape index (κ1) is 16.4. The Bertz CT molecular complexity index is 534. The minimum atomic E-state index is -5.23. The third-order valence-corrected chi connectivity index (χ3v) is 2.32. The Balaban J connectivity index is 3.51. The van der Waals surface area contributed by atoms with Crippen molar-refractivity contribution in [2.75, 3.05) is 0 Å². The number of ether oxygens (including phenoxy) is 1. The van der Waals surface area contributed by atoms with Crippen molar-refractivity contribution in [2.45, 2.75) is 24.8 Å². The van der Waals surface area contributed by atoms with Crippen LogP contribution in [0.2, 0.25) is 0 Å². The van der Waals surface area contributed by atoms with Gasteiger partial charge >= 0.3 is 12.5 Å². The summed E-state index contributed by atoms with van der Waals surface area (Å²) in [5.41, 5.74) is -2.85. The summed E-state index contributed by atoms with van der Waals surface area (Å²) in [6.07, 6.45) is -11.1. The van der Waals surface area contributed by atoms with Crippen LogP contribution < -0.4 is 4.74 Å². The van der Waals surface area contributed by atoms with Crippen LogP contribution >= 0.6 is 11.6 Å². The van der Waals surface area contributed by atoms with Crippen molar-refractivity contribution in [2.24, 2.45) is 0 Å². The van der Waals surface area contributed by atoms with Crippen LogP contribution in [0.4, 0.5) is 26.3 Å². The number of halogens is 7. The summed E-state index contributed by atoms with van der Waals surface area (Å²) in [5.74, 6) is -1.85. The molecule has 0 atom stereocenters. The van der Waals surface area contributed by atoms with E-state index in [-0.39, 0.29) is 0 Å². The number of nitriles is 1. The molecule has 0 aliphatic carbocycles. The first-order chi connectivity index (χ1) is 9.08. The van der Waals surface area contributed by atoms with E-state index in [1.165, 1.54) is 6.07 Å². The van der Waals surface area contributed by atoms with Crippen molar-refractivity contribution in [1.82, 2.24) is 4.98 Å². The summed E-state index contributed by atoms with van der Waals surface area (Å²) < 4.78 is 78.3. The molecule has 1 aromatic heterocycles. The van der Waals surface area contributed by atoms with Gasteiger partial charge in [0.25, 0.3) is 0 Å². The van der Waals surface area contributed by atoms with E-state index in [0.717, 1.165) is 0 Å². The van der Waals surface area contributed by atoms with E-state index in [4.69, 9.17) is 16.9 Å². The van der Waals surface area contributed by atoms with Gasteiger partial charge in [0.15, 0.2) is 0 Å². The van der Waals surface area contributed by atoms with Gasteiger partial charge in [0.2, 0.25) is 5.88 Å². The fourth-order valence-corrected chi connectivity index (χ4v) is 1.50. The summed E-state index contributed by atoms with van der Waals surface area (Å²) in [6.45, 7) is 0. The van der Waals surface area contributed by atoms with E-state index in [2.05, 4.69) is 9.72 Å². The van der Waals surface area contributed by atoms with E-state index >= 15 is 0 Å². The zero-order valence-electron chi connectivity index (χ0n) is 9.44. The average molecular weight is 319 g/mol. The van der Waals surface area contributed by atoms with Gasteiger partial charge in [-0.25, -0.2) is 4.98 Å². The highest BCUT2D eigenvalue weighted by Crippen LogP contribution is 2.37. The molecule has 0 aliphatic rings. The first-order valence-corrected chi connectivity index (χ1v) is 5.40. The zero-order valence-corrected chi connectivity index (χ0v) is 10.2. The summed E-state index contributed by atoms with van der Waals surface area (Å²) in [5, 5.41) is 8.45. The minimum absolute atomic E-state index is 0.445. The number of aromatic nitrogens is 1. The maximum atomic E-state index is 12.8. The number of alkyl halides is 7. The lowest BCUT2D eigenvalue weighted by atomic mass is 10.1. The third kappa shape index (κ3) is 4.16. The standard InChI is InChI=1S/C10H5ClF6N2O/c11-4-5-3-7(9(12,13)14)6(1-2-18)8(19-5)20-10(15,16)17/h3H,1,4H2. The van der Waals surface area contributed by atoms with Crippen molar-refractivity contribution in [3.8, 4) is 11.9 Å². The highest BCUT2D eigenvalue weighted by Gasteiger charge is 2.39. The predicted molar refractivity (Wildman–Crippen MR) is 54.8 cm³/mol. The van der Waals surface area contributed by atoms with Gasteiger partial charge in [0.05, 0.1) is 29.6 Å². The van der Waals surface area contributed by atoms with Crippen LogP contribution in [0, 0.1) is 11.3 Å². The van der Waals surface area contributed by atoms with Crippen LogP contribution in [0.5, 0.6) is 5.88 Å². The Kier molecular flexibility index (Phi) is 4.70. The molecular weight excluding hydrogens is 314 g/mol. The Morgan fingerprint density at radius 2 is 1.85 bits per heavy atom. The van der Waals surface area contributed by atoms with Gasteiger partial charge in [-0.1, -0.05) is 0 Å². The zero-order chi connectivity index (χ0) is 15.6. The van der Waals surface area contributed by atoms with E-state index in [1.54, 1.807) is 0 Å². The predicted octanol–water partition coefficient (Wildman–Crippen LogP) is 3.80. The molecule has 0 amide bonds. The molecule has 0 N–H and O–H groups in total. The Labute approximate surface area is 113 Å². The topological polar surface area (TPSA) is 45.9 Å². The van der Waals surface area contributed by atoms with Crippen molar-refractivity contribution in [3.63, 3.8) is 0 Å². The van der Waals surface area contributed by atoms with Crippen LogP contribution in [0.25, 0.3) is 0 Å². The lowest BCUT2D eigenvalue weighted by Gasteiger charge is -2.17. The molecule has 0 saturated heterocycles. The van der Waals surface area contributed by atoms with Gasteiger partial charge < -0.3 is 4.74 Å². The molecule has 0 saturated carbocycles. The normalized spacial score (nSPS) is 12.1. The van der Waals surface area contributed by atoms with E-state index in [1.807, 2.05) is 0 Å². The molecule has 0 aromatic carbocycles. The highest BCUT2D eigenvalue weighted by atomic mass is 35.5. The fraction of sp³-hybridized carbons (Fsp3) is 0.400. The lowest BCUT2D eigenvalue weighted by Crippen LogP contribution is -2.21. The molecule has 110 valence electrons. The van der Waals surface area contributed by atoms with Gasteiger partial charge in [-0.2, -0.15) is 18.4 Å². The van der Waals surface area contributed by atoms with Crippen LogP contribution in [0.1, 0.15) is 16.8 Å². The Morgan fingerprint density at radius 3 is 2.25 bits per heavy atom. The van der Waals surface area contributed by atoms with Crippen molar-refractivity contribution < 1.29 is 31.1 Å². The van der Waals surface area contributed by atoms with E-state index < -0.39 is 47.5 Å². The van der Waals surface area contributed by atoms with E-state index in [0.29, 0.717) is 6.07 Å². The molecule has 0 fully saturated rings. The Morgan fingerprint density at radius 1 is 1.25 bits per heavy atom. The second-order valence-corrected chi connectivity index (χ2v) is 3.73. The monoisotopic (exact) mass is 318 g/mol. The fourth-order valence-electron chi connectivity index (χ4n) is 1.36. The molecule has 20 heavy (non-hydrogen) atoms. The second-order valence-electron chi connectivity index (χ2n) is 3.46. The van der Waals surface area contributed by atoms with E-state index in [9.17, 15) is 26.3 Å². The molecule has 1 rings (SSSR count). The molecule has 1 aromatic rings. The number of hydrogen-bond acceptors (Lipinski definition) is 3. The minimum Gasteiger partial charge on any atom is -0.388 e. The molecule has 10 heteroatoms. The molecule has 3 nitrogen and oxygen atoms in total. The maximum Gasteiger partial charge on any atom is 0.574 e. The first-order valence-electron chi connectivity index (χ1n) is 4.87. The Hall–Kier alpha value is -1.69. The third-order valence-electron chi connectivity index (χ3n) is 2.05. The molecule has 0 radical (unpaired) electrons. The summed E-state index contributed by atoms with van der Waals surface area (Å²) in [6, 6.07) is 1.83. The van der Waals surface area contributed by atoms with Gasteiger partial charge in [-0.15, -0.1) is 24.8 Å². The van der Waals surface area contributed by atoms with Gasteiger partial charge in [-0.3, -0.25) is 0 Å². The molecule has 0 spiro atoms. The van der Waals surface area contributed by atoms with Crippen molar-refractivity contribution in [1.29, 1.82) is 5.26 Å². The quantitative estimate of drug-likeness (QED) is 0.629. The maximum absolute atomic E-state index is 12.8. The van der Waals surface area contributed by atoms with Crippen LogP contribution in [-0.4, -0.2) is 11.3 Å². The second kappa shape index (κ2) is 5.75. The average Bonchev–Trinajstić information content (AvgIpc) is 2.27. The summed E-state index contributed by atoms with van der Waals surface area (Å²) in [7, 11) is 0. The molecule has 0 unspecified atom stereocenters. The van der Waals surface area contributed by atoms with Crippen LogP contribution in [0.15, 0.2) is 6.07 Å². The number of nitrogens with zero attached hydrogens (tertiary/aromatic N) is 2. The van der Waals surface area contributed by atoms with Gasteiger partial charge in [0, 0.05) is 5.56 Å². The van der Waals surface area contributed by atoms with Crippen LogP contribution in [-0.2, 0) is 18.5 Å². The number of hydrogen-bond donors (Lipinski definition) is 0. The molecule has 1 heterocycles. The highest BCUT2D eigenvalue weighted by molar-refractivity contribution is 6.16. The molecule has 0 bridgehead atoms. The summed E-state index contributed by atoms with van der Waals surface area (Å²) >= 11 is 5.29. The largest absolute Gasteiger partial charge is 0.574 e. The van der Waals surface area contributed by atoms with Crippen molar-refractivity contribution in [3.05, 3.63) is 22.9 Å². The van der Waals surface area contributed by atoms with Gasteiger partial charge in [0.1, 0.15) is 0 Å². The smallest absolute Gasteiger partial charge is 0.388 e. The number of pyridine rings is 1.